The van der Waals surface area contributed by atoms with Gasteiger partial charge in [-0.15, -0.1) is 0 Å². The van der Waals surface area contributed by atoms with E-state index >= 15 is 0 Å². The van der Waals surface area contributed by atoms with Crippen molar-refractivity contribution in [3.63, 3.8) is 0 Å². The van der Waals surface area contributed by atoms with E-state index in [2.05, 4.69) is 43.4 Å². The first kappa shape index (κ1) is 13.2. The zero-order valence-electron chi connectivity index (χ0n) is 12.1. The van der Waals surface area contributed by atoms with Gasteiger partial charge in [0.25, 0.3) is 0 Å². The first-order chi connectivity index (χ1) is 9.60. The Morgan fingerprint density at radius 1 is 1.10 bits per heavy atom. The van der Waals surface area contributed by atoms with Gasteiger partial charge in [-0.1, -0.05) is 50.2 Å². The van der Waals surface area contributed by atoms with Gasteiger partial charge in [-0.2, -0.15) is 0 Å². The Labute approximate surface area is 120 Å². The predicted molar refractivity (Wildman–Crippen MR) is 82.7 cm³/mol. The fourth-order valence-electron chi connectivity index (χ4n) is 3.14. The maximum Gasteiger partial charge on any atom is 0.0681 e. The van der Waals surface area contributed by atoms with E-state index in [1.165, 1.54) is 11.1 Å². The molecule has 2 N–H and O–H groups in total. The number of rotatable bonds is 3. The molecule has 0 amide bonds. The minimum Gasteiger partial charge on any atom is -0.392 e. The predicted octanol–water partition coefficient (Wildman–Crippen LogP) is 3.91. The highest BCUT2D eigenvalue weighted by Gasteiger charge is 2.38. The molecule has 0 aliphatic heterocycles. The van der Waals surface area contributed by atoms with Gasteiger partial charge in [0.05, 0.1) is 12.6 Å². The molecule has 0 radical (unpaired) electrons. The third-order valence-electron chi connectivity index (χ3n) is 4.24. The van der Waals surface area contributed by atoms with Gasteiger partial charge in [0, 0.05) is 5.69 Å². The van der Waals surface area contributed by atoms with Crippen molar-refractivity contribution in [1.29, 1.82) is 0 Å². The molecule has 0 saturated heterocycles. The van der Waals surface area contributed by atoms with Crippen LogP contribution in [0.4, 0.5) is 5.69 Å². The van der Waals surface area contributed by atoms with Crippen LogP contribution in [0.15, 0.2) is 48.5 Å². The zero-order chi connectivity index (χ0) is 14.2. The van der Waals surface area contributed by atoms with Gasteiger partial charge in [0.15, 0.2) is 0 Å². The molecule has 0 bridgehead atoms. The van der Waals surface area contributed by atoms with Crippen molar-refractivity contribution in [2.45, 2.75) is 32.9 Å². The van der Waals surface area contributed by atoms with E-state index in [0.717, 1.165) is 17.7 Å². The maximum atomic E-state index is 9.11. The molecule has 1 unspecified atom stereocenters. The zero-order valence-corrected chi connectivity index (χ0v) is 12.1. The molecular formula is C18H21NO. The molecule has 0 saturated carbocycles. The summed E-state index contributed by atoms with van der Waals surface area (Å²) in [4.78, 5) is 0. The molecule has 2 aromatic carbocycles. The normalized spacial score (nSPS) is 19.6. The minimum absolute atomic E-state index is 0.0953. The maximum absolute atomic E-state index is 9.11. The standard InChI is InChI=1S/C18H21NO/c1-18(2)11-14-5-3-4-6-16(14)17(18)19-15-9-7-13(12-20)8-10-15/h3-10,17,19-20H,11-12H2,1-2H3. The molecule has 2 heteroatoms. The van der Waals surface area contributed by atoms with Crippen molar-refractivity contribution >= 4 is 5.69 Å². The molecular weight excluding hydrogens is 246 g/mol. The Kier molecular flexibility index (Phi) is 3.27. The van der Waals surface area contributed by atoms with Crippen LogP contribution in [0.1, 0.15) is 36.6 Å². The number of fused-ring (bicyclic) bond motifs is 1. The smallest absolute Gasteiger partial charge is 0.0681 e. The topological polar surface area (TPSA) is 32.3 Å². The van der Waals surface area contributed by atoms with Crippen molar-refractivity contribution in [1.82, 2.24) is 0 Å². The van der Waals surface area contributed by atoms with E-state index < -0.39 is 0 Å². The van der Waals surface area contributed by atoms with Gasteiger partial charge in [-0.3, -0.25) is 0 Å². The Morgan fingerprint density at radius 3 is 2.50 bits per heavy atom. The van der Waals surface area contributed by atoms with Crippen molar-refractivity contribution < 1.29 is 5.11 Å². The molecule has 2 aromatic rings. The quantitative estimate of drug-likeness (QED) is 0.883. The average Bonchev–Trinajstić information content (AvgIpc) is 2.70. The van der Waals surface area contributed by atoms with Gasteiger partial charge in [-0.05, 0) is 40.7 Å². The lowest BCUT2D eigenvalue weighted by molar-refractivity contribution is 0.282. The summed E-state index contributed by atoms with van der Waals surface area (Å²) in [5, 5.41) is 12.8. The van der Waals surface area contributed by atoms with Crippen LogP contribution in [0, 0.1) is 5.41 Å². The van der Waals surface area contributed by atoms with E-state index in [1.807, 2.05) is 24.3 Å². The number of aliphatic hydroxyl groups is 1. The molecule has 1 aliphatic carbocycles. The number of benzene rings is 2. The average molecular weight is 267 g/mol. The van der Waals surface area contributed by atoms with Crippen LogP contribution in [0.2, 0.25) is 0 Å². The van der Waals surface area contributed by atoms with E-state index in [9.17, 15) is 0 Å². The summed E-state index contributed by atoms with van der Waals surface area (Å²) in [6, 6.07) is 17.0. The minimum atomic E-state index is 0.0953. The highest BCUT2D eigenvalue weighted by atomic mass is 16.3. The largest absolute Gasteiger partial charge is 0.392 e. The lowest BCUT2D eigenvalue weighted by Crippen LogP contribution is -2.24. The SMILES string of the molecule is CC1(C)Cc2ccccc2C1Nc1ccc(CO)cc1. The Balaban J connectivity index is 1.88. The molecule has 0 spiro atoms. The molecule has 0 aromatic heterocycles. The van der Waals surface area contributed by atoms with E-state index in [-0.39, 0.29) is 12.0 Å². The highest BCUT2D eigenvalue weighted by Crippen LogP contribution is 2.46. The second-order valence-electron chi connectivity index (χ2n) is 6.30. The number of nitrogens with one attached hydrogen (secondary N) is 1. The lowest BCUT2D eigenvalue weighted by Gasteiger charge is -2.29. The summed E-state index contributed by atoms with van der Waals surface area (Å²) in [5.41, 5.74) is 5.11. The summed E-state index contributed by atoms with van der Waals surface area (Å²) in [7, 11) is 0. The van der Waals surface area contributed by atoms with Crippen LogP contribution in [0.3, 0.4) is 0 Å². The van der Waals surface area contributed by atoms with Gasteiger partial charge in [-0.25, -0.2) is 0 Å². The van der Waals surface area contributed by atoms with Crippen molar-refractivity contribution in [3.05, 3.63) is 65.2 Å². The fourth-order valence-corrected chi connectivity index (χ4v) is 3.14. The molecule has 104 valence electrons. The number of hydrogen-bond acceptors (Lipinski definition) is 2. The second kappa shape index (κ2) is 4.95. The second-order valence-corrected chi connectivity index (χ2v) is 6.30. The summed E-state index contributed by atoms with van der Waals surface area (Å²) < 4.78 is 0. The van der Waals surface area contributed by atoms with E-state index in [4.69, 9.17) is 5.11 Å². The number of aliphatic hydroxyl groups excluding tert-OH is 1. The molecule has 20 heavy (non-hydrogen) atoms. The van der Waals surface area contributed by atoms with E-state index in [1.54, 1.807) is 0 Å². The van der Waals surface area contributed by atoms with Gasteiger partial charge >= 0.3 is 0 Å². The van der Waals surface area contributed by atoms with Crippen molar-refractivity contribution in [2.24, 2.45) is 5.41 Å². The van der Waals surface area contributed by atoms with Gasteiger partial charge in [0.1, 0.15) is 0 Å². The van der Waals surface area contributed by atoms with Crippen LogP contribution in [0.25, 0.3) is 0 Å². The molecule has 0 fully saturated rings. The van der Waals surface area contributed by atoms with Crippen LogP contribution < -0.4 is 5.32 Å². The third-order valence-corrected chi connectivity index (χ3v) is 4.24. The fraction of sp³-hybridized carbons (Fsp3) is 0.333. The summed E-state index contributed by atoms with van der Waals surface area (Å²) in [6.45, 7) is 4.72. The monoisotopic (exact) mass is 267 g/mol. The molecule has 0 heterocycles. The third kappa shape index (κ3) is 2.32. The Hall–Kier alpha value is -1.80. The summed E-state index contributed by atoms with van der Waals surface area (Å²) in [6.07, 6.45) is 1.11. The molecule has 2 nitrogen and oxygen atoms in total. The molecule has 1 aliphatic rings. The van der Waals surface area contributed by atoms with E-state index in [0.29, 0.717) is 6.04 Å². The highest BCUT2D eigenvalue weighted by molar-refractivity contribution is 5.50. The Bertz CT molecular complexity index is 601. The van der Waals surface area contributed by atoms with Crippen molar-refractivity contribution in [3.8, 4) is 0 Å². The summed E-state index contributed by atoms with van der Waals surface area (Å²) in [5.74, 6) is 0. The van der Waals surface area contributed by atoms with Gasteiger partial charge < -0.3 is 10.4 Å². The Morgan fingerprint density at radius 2 is 1.80 bits per heavy atom. The van der Waals surface area contributed by atoms with Gasteiger partial charge in [0.2, 0.25) is 0 Å². The van der Waals surface area contributed by atoms with Crippen LogP contribution >= 0.6 is 0 Å². The molecule has 1 atom stereocenters. The number of hydrogen-bond donors (Lipinski definition) is 2. The number of anilines is 1. The first-order valence-corrected chi connectivity index (χ1v) is 7.14. The van der Waals surface area contributed by atoms with Crippen LogP contribution in [-0.4, -0.2) is 5.11 Å². The first-order valence-electron chi connectivity index (χ1n) is 7.14. The van der Waals surface area contributed by atoms with Crippen LogP contribution in [0.5, 0.6) is 0 Å². The molecule has 3 rings (SSSR count). The lowest BCUT2D eigenvalue weighted by atomic mass is 9.85. The van der Waals surface area contributed by atoms with Crippen molar-refractivity contribution in [2.75, 3.05) is 5.32 Å². The van der Waals surface area contributed by atoms with Crippen LogP contribution in [-0.2, 0) is 13.0 Å². The summed E-state index contributed by atoms with van der Waals surface area (Å²) >= 11 is 0.